The first-order valence-electron chi connectivity index (χ1n) is 5.83. The number of ether oxygens (including phenoxy) is 1. The largest absolute Gasteiger partial charge is 0.494 e. The fourth-order valence-corrected chi connectivity index (χ4v) is 1.44. The molecule has 0 aliphatic heterocycles. The number of aliphatic hydroxyl groups excluding tert-OH is 1. The summed E-state index contributed by atoms with van der Waals surface area (Å²) in [6.07, 6.45) is 0.180. The second-order valence-electron chi connectivity index (χ2n) is 4.65. The molecule has 1 unspecified atom stereocenters. The first kappa shape index (κ1) is 13.5. The highest BCUT2D eigenvalue weighted by molar-refractivity contribution is 5.30. The molecule has 17 heavy (non-hydrogen) atoms. The van der Waals surface area contributed by atoms with Gasteiger partial charge >= 0.3 is 0 Å². The van der Waals surface area contributed by atoms with E-state index < -0.39 is 11.5 Å². The van der Waals surface area contributed by atoms with Crippen LogP contribution >= 0.6 is 0 Å². The van der Waals surface area contributed by atoms with Crippen molar-refractivity contribution >= 4 is 0 Å². The van der Waals surface area contributed by atoms with Gasteiger partial charge in [0, 0.05) is 0 Å². The lowest BCUT2D eigenvalue weighted by atomic mass is 9.84. The van der Waals surface area contributed by atoms with Crippen LogP contribution in [0.3, 0.4) is 0 Å². The Labute approximate surface area is 103 Å². The molecule has 0 saturated heterocycles. The third-order valence-electron chi connectivity index (χ3n) is 2.64. The van der Waals surface area contributed by atoms with Gasteiger partial charge in [0.05, 0.1) is 24.2 Å². The molecule has 0 amide bonds. The monoisotopic (exact) mass is 233 g/mol. The number of benzene rings is 1. The summed E-state index contributed by atoms with van der Waals surface area (Å²) in [4.78, 5) is 0. The summed E-state index contributed by atoms with van der Waals surface area (Å²) in [5.74, 6) is 0.789. The lowest BCUT2D eigenvalue weighted by Crippen LogP contribution is -2.19. The SMILES string of the molecule is CCCOc1ccc(C(O)C(C)(C)C#N)cc1. The minimum atomic E-state index is -0.786. The molecule has 0 bridgehead atoms. The van der Waals surface area contributed by atoms with Crippen LogP contribution in [-0.4, -0.2) is 11.7 Å². The molecule has 1 aromatic rings. The van der Waals surface area contributed by atoms with Crippen molar-refractivity contribution < 1.29 is 9.84 Å². The van der Waals surface area contributed by atoms with Crippen LogP contribution in [0.1, 0.15) is 38.9 Å². The number of hydrogen-bond donors (Lipinski definition) is 1. The van der Waals surface area contributed by atoms with Crippen LogP contribution in [0.25, 0.3) is 0 Å². The standard InChI is InChI=1S/C14H19NO2/c1-4-9-17-12-7-5-11(6-8-12)13(16)14(2,3)10-15/h5-8,13,16H,4,9H2,1-3H3. The third kappa shape index (κ3) is 3.47. The van der Waals surface area contributed by atoms with Gasteiger partial charge in [-0.3, -0.25) is 0 Å². The van der Waals surface area contributed by atoms with Gasteiger partial charge in [0.1, 0.15) is 5.75 Å². The molecule has 0 radical (unpaired) electrons. The van der Waals surface area contributed by atoms with Gasteiger partial charge in [-0.2, -0.15) is 5.26 Å². The molecule has 1 aromatic carbocycles. The number of hydrogen-bond acceptors (Lipinski definition) is 3. The number of aliphatic hydroxyl groups is 1. The zero-order valence-corrected chi connectivity index (χ0v) is 10.6. The maximum Gasteiger partial charge on any atom is 0.119 e. The highest BCUT2D eigenvalue weighted by atomic mass is 16.5. The van der Waals surface area contributed by atoms with E-state index in [0.717, 1.165) is 17.7 Å². The van der Waals surface area contributed by atoms with Crippen LogP contribution in [0.15, 0.2) is 24.3 Å². The minimum absolute atomic E-state index is 0.686. The third-order valence-corrected chi connectivity index (χ3v) is 2.64. The molecule has 3 heteroatoms. The predicted octanol–water partition coefficient (Wildman–Crippen LogP) is 3.06. The van der Waals surface area contributed by atoms with E-state index in [1.54, 1.807) is 26.0 Å². The van der Waals surface area contributed by atoms with E-state index in [2.05, 4.69) is 6.07 Å². The number of rotatable bonds is 5. The quantitative estimate of drug-likeness (QED) is 0.850. The maximum atomic E-state index is 10.1. The van der Waals surface area contributed by atoms with Crippen LogP contribution in [0.4, 0.5) is 0 Å². The summed E-state index contributed by atoms with van der Waals surface area (Å²) in [6, 6.07) is 9.35. The van der Waals surface area contributed by atoms with Gasteiger partial charge in [-0.15, -0.1) is 0 Å². The summed E-state index contributed by atoms with van der Waals surface area (Å²) in [7, 11) is 0. The molecule has 1 rings (SSSR count). The average Bonchev–Trinajstić information content (AvgIpc) is 2.36. The Morgan fingerprint density at radius 2 is 1.94 bits per heavy atom. The van der Waals surface area contributed by atoms with Crippen molar-refractivity contribution in [3.05, 3.63) is 29.8 Å². The van der Waals surface area contributed by atoms with Crippen molar-refractivity contribution in [3.8, 4) is 11.8 Å². The van der Waals surface area contributed by atoms with E-state index >= 15 is 0 Å². The zero-order valence-electron chi connectivity index (χ0n) is 10.6. The molecular weight excluding hydrogens is 214 g/mol. The molecule has 0 fully saturated rings. The van der Waals surface area contributed by atoms with Gasteiger partial charge < -0.3 is 9.84 Å². The van der Waals surface area contributed by atoms with Crippen molar-refractivity contribution in [1.29, 1.82) is 5.26 Å². The summed E-state index contributed by atoms with van der Waals surface area (Å²) in [6.45, 7) is 6.18. The Balaban J connectivity index is 2.78. The maximum absolute atomic E-state index is 10.1. The van der Waals surface area contributed by atoms with Crippen LogP contribution in [0.5, 0.6) is 5.75 Å². The fraction of sp³-hybridized carbons (Fsp3) is 0.500. The van der Waals surface area contributed by atoms with E-state index in [-0.39, 0.29) is 0 Å². The van der Waals surface area contributed by atoms with Crippen molar-refractivity contribution in [2.24, 2.45) is 5.41 Å². The highest BCUT2D eigenvalue weighted by Gasteiger charge is 2.28. The molecule has 0 aromatic heterocycles. The topological polar surface area (TPSA) is 53.2 Å². The molecule has 0 aliphatic carbocycles. The Kier molecular flexibility index (Phi) is 4.53. The molecule has 0 saturated carbocycles. The smallest absolute Gasteiger partial charge is 0.119 e. The van der Waals surface area contributed by atoms with E-state index in [0.29, 0.717) is 6.61 Å². The first-order valence-corrected chi connectivity index (χ1v) is 5.83. The van der Waals surface area contributed by atoms with Crippen molar-refractivity contribution in [1.82, 2.24) is 0 Å². The Morgan fingerprint density at radius 1 is 1.35 bits per heavy atom. The van der Waals surface area contributed by atoms with Crippen LogP contribution in [-0.2, 0) is 0 Å². The Hall–Kier alpha value is -1.53. The summed E-state index contributed by atoms with van der Waals surface area (Å²) in [5.41, 5.74) is -0.0494. The second kappa shape index (κ2) is 5.70. The van der Waals surface area contributed by atoms with Crippen LogP contribution < -0.4 is 4.74 Å². The molecule has 0 heterocycles. The molecule has 92 valence electrons. The first-order chi connectivity index (χ1) is 8.01. The highest BCUT2D eigenvalue weighted by Crippen LogP contribution is 2.33. The summed E-state index contributed by atoms with van der Waals surface area (Å²) >= 11 is 0. The molecular formula is C14H19NO2. The van der Waals surface area contributed by atoms with E-state index in [4.69, 9.17) is 10.00 Å². The van der Waals surface area contributed by atoms with Gasteiger partial charge in [0.25, 0.3) is 0 Å². The van der Waals surface area contributed by atoms with Gasteiger partial charge in [-0.25, -0.2) is 0 Å². The average molecular weight is 233 g/mol. The van der Waals surface area contributed by atoms with Crippen molar-refractivity contribution in [2.75, 3.05) is 6.61 Å². The molecule has 1 N–H and O–H groups in total. The number of nitriles is 1. The lowest BCUT2D eigenvalue weighted by molar-refractivity contribution is 0.0867. The normalized spacial score (nSPS) is 12.9. The van der Waals surface area contributed by atoms with Gasteiger partial charge in [-0.05, 0) is 38.0 Å². The predicted molar refractivity (Wildman–Crippen MR) is 66.6 cm³/mol. The van der Waals surface area contributed by atoms with Gasteiger partial charge in [0.2, 0.25) is 0 Å². The summed E-state index contributed by atoms with van der Waals surface area (Å²) < 4.78 is 5.46. The van der Waals surface area contributed by atoms with Crippen molar-refractivity contribution in [3.63, 3.8) is 0 Å². The molecule has 1 atom stereocenters. The minimum Gasteiger partial charge on any atom is -0.494 e. The fourth-order valence-electron chi connectivity index (χ4n) is 1.44. The van der Waals surface area contributed by atoms with E-state index in [9.17, 15) is 5.11 Å². The Morgan fingerprint density at radius 3 is 2.41 bits per heavy atom. The zero-order chi connectivity index (χ0) is 12.9. The number of nitrogens with zero attached hydrogens (tertiary/aromatic N) is 1. The summed E-state index contributed by atoms with van der Waals surface area (Å²) in [5, 5.41) is 19.0. The molecule has 0 spiro atoms. The van der Waals surface area contributed by atoms with E-state index in [1.165, 1.54) is 0 Å². The van der Waals surface area contributed by atoms with Crippen molar-refractivity contribution in [2.45, 2.75) is 33.3 Å². The molecule has 0 aliphatic rings. The lowest BCUT2D eigenvalue weighted by Gasteiger charge is -2.23. The van der Waals surface area contributed by atoms with Crippen LogP contribution in [0.2, 0.25) is 0 Å². The van der Waals surface area contributed by atoms with E-state index in [1.807, 2.05) is 19.1 Å². The molecule has 3 nitrogen and oxygen atoms in total. The van der Waals surface area contributed by atoms with Gasteiger partial charge in [-0.1, -0.05) is 19.1 Å². The second-order valence-corrected chi connectivity index (χ2v) is 4.65. The van der Waals surface area contributed by atoms with Gasteiger partial charge in [0.15, 0.2) is 0 Å². The van der Waals surface area contributed by atoms with Crippen LogP contribution in [0, 0.1) is 16.7 Å². The Bertz CT molecular complexity index is 390.